The Morgan fingerprint density at radius 2 is 1.70 bits per heavy atom. The van der Waals surface area contributed by atoms with Crippen molar-refractivity contribution < 1.29 is 9.53 Å². The van der Waals surface area contributed by atoms with Crippen molar-refractivity contribution in [2.45, 2.75) is 71.9 Å². The SMILES string of the molecule is CN=C(NCC(C)(C)CN(C)C)N1CCC(N(CC2CC2)C(=O)OC(C)(C)C)CC1. The zero-order chi connectivity index (χ0) is 22.5. The molecule has 174 valence electrons. The van der Waals surface area contributed by atoms with Crippen LogP contribution in [0.2, 0.25) is 0 Å². The van der Waals surface area contributed by atoms with E-state index in [9.17, 15) is 4.79 Å². The van der Waals surface area contributed by atoms with E-state index in [-0.39, 0.29) is 17.6 Å². The molecule has 0 aromatic rings. The summed E-state index contributed by atoms with van der Waals surface area (Å²) in [7, 11) is 6.08. The van der Waals surface area contributed by atoms with Gasteiger partial charge in [0.15, 0.2) is 5.96 Å². The van der Waals surface area contributed by atoms with Crippen LogP contribution in [0.5, 0.6) is 0 Å². The molecule has 0 aromatic carbocycles. The minimum Gasteiger partial charge on any atom is -0.444 e. The number of guanidine groups is 1. The molecule has 30 heavy (non-hydrogen) atoms. The molecule has 0 aromatic heterocycles. The van der Waals surface area contributed by atoms with Crippen molar-refractivity contribution in [2.75, 3.05) is 53.9 Å². The fraction of sp³-hybridized carbons (Fsp3) is 0.913. The molecular formula is C23H45N5O2. The van der Waals surface area contributed by atoms with E-state index >= 15 is 0 Å². The first-order valence-corrected chi connectivity index (χ1v) is 11.5. The van der Waals surface area contributed by atoms with Crippen molar-refractivity contribution in [3.8, 4) is 0 Å². The van der Waals surface area contributed by atoms with Gasteiger partial charge in [-0.1, -0.05) is 13.8 Å². The molecule has 1 saturated heterocycles. The predicted octanol–water partition coefficient (Wildman–Crippen LogP) is 3.26. The molecule has 2 aliphatic rings. The third kappa shape index (κ3) is 8.32. The molecule has 1 aliphatic heterocycles. The van der Waals surface area contributed by atoms with E-state index in [1.165, 1.54) is 12.8 Å². The summed E-state index contributed by atoms with van der Waals surface area (Å²) >= 11 is 0. The molecule has 1 heterocycles. The quantitative estimate of drug-likeness (QED) is 0.503. The smallest absolute Gasteiger partial charge is 0.410 e. The van der Waals surface area contributed by atoms with Crippen LogP contribution in [0.4, 0.5) is 4.79 Å². The van der Waals surface area contributed by atoms with Gasteiger partial charge in [-0.05, 0) is 71.9 Å². The molecule has 0 bridgehead atoms. The monoisotopic (exact) mass is 423 g/mol. The molecule has 1 amide bonds. The molecule has 1 aliphatic carbocycles. The van der Waals surface area contributed by atoms with Gasteiger partial charge in [0.1, 0.15) is 5.60 Å². The predicted molar refractivity (Wildman–Crippen MR) is 124 cm³/mol. The number of hydrogen-bond acceptors (Lipinski definition) is 4. The van der Waals surface area contributed by atoms with Crippen molar-refractivity contribution in [1.29, 1.82) is 0 Å². The summed E-state index contributed by atoms with van der Waals surface area (Å²) in [5.41, 5.74) is -0.291. The van der Waals surface area contributed by atoms with Gasteiger partial charge in [0.25, 0.3) is 0 Å². The van der Waals surface area contributed by atoms with Gasteiger partial charge < -0.3 is 24.8 Å². The third-order valence-corrected chi connectivity index (χ3v) is 5.67. The second kappa shape index (κ2) is 10.2. The second-order valence-corrected chi connectivity index (χ2v) is 11.1. The van der Waals surface area contributed by atoms with Gasteiger partial charge in [0, 0.05) is 45.8 Å². The Balaban J connectivity index is 1.91. The molecule has 0 spiro atoms. The van der Waals surface area contributed by atoms with E-state index in [2.05, 4.69) is 48.1 Å². The molecule has 1 N–H and O–H groups in total. The highest BCUT2D eigenvalue weighted by Crippen LogP contribution is 2.32. The molecule has 7 nitrogen and oxygen atoms in total. The topological polar surface area (TPSA) is 60.4 Å². The lowest BCUT2D eigenvalue weighted by atomic mass is 9.93. The van der Waals surface area contributed by atoms with Crippen LogP contribution in [0, 0.1) is 11.3 Å². The molecule has 0 atom stereocenters. The van der Waals surface area contributed by atoms with Gasteiger partial charge >= 0.3 is 6.09 Å². The number of likely N-dealkylation sites (tertiary alicyclic amines) is 1. The summed E-state index contributed by atoms with van der Waals surface area (Å²) in [4.78, 5) is 23.9. The molecule has 0 unspecified atom stereocenters. The molecule has 0 radical (unpaired) electrons. The highest BCUT2D eigenvalue weighted by atomic mass is 16.6. The Morgan fingerprint density at radius 1 is 1.10 bits per heavy atom. The van der Waals surface area contributed by atoms with Crippen molar-refractivity contribution in [1.82, 2.24) is 20.0 Å². The number of ether oxygens (including phenoxy) is 1. The maximum absolute atomic E-state index is 12.8. The largest absolute Gasteiger partial charge is 0.444 e. The number of nitrogens with one attached hydrogen (secondary N) is 1. The van der Waals surface area contributed by atoms with Gasteiger partial charge in [-0.25, -0.2) is 4.79 Å². The summed E-state index contributed by atoms with van der Waals surface area (Å²) in [6.07, 6.45) is 4.22. The number of amides is 1. The Morgan fingerprint density at radius 3 is 2.17 bits per heavy atom. The van der Waals surface area contributed by atoms with Gasteiger partial charge in [0.05, 0.1) is 0 Å². The summed E-state index contributed by atoms with van der Waals surface area (Å²) in [6.45, 7) is 14.9. The zero-order valence-corrected chi connectivity index (χ0v) is 20.6. The lowest BCUT2D eigenvalue weighted by Crippen LogP contribution is -2.53. The highest BCUT2D eigenvalue weighted by Gasteiger charge is 2.35. The number of rotatable bonds is 7. The Labute approximate surface area is 184 Å². The maximum Gasteiger partial charge on any atom is 0.410 e. The minimum atomic E-state index is -0.453. The Kier molecular flexibility index (Phi) is 8.43. The van der Waals surface area contributed by atoms with E-state index in [0.29, 0.717) is 5.92 Å². The number of carbonyl (C=O) groups is 1. The first-order chi connectivity index (χ1) is 13.9. The zero-order valence-electron chi connectivity index (χ0n) is 20.6. The van der Waals surface area contributed by atoms with Gasteiger partial charge in [-0.15, -0.1) is 0 Å². The van der Waals surface area contributed by atoms with E-state index in [0.717, 1.165) is 51.5 Å². The van der Waals surface area contributed by atoms with Gasteiger partial charge in [0.2, 0.25) is 0 Å². The van der Waals surface area contributed by atoms with Crippen LogP contribution in [0.1, 0.15) is 60.3 Å². The highest BCUT2D eigenvalue weighted by molar-refractivity contribution is 5.80. The van der Waals surface area contributed by atoms with Crippen LogP contribution in [0.15, 0.2) is 4.99 Å². The Bertz CT molecular complexity index is 585. The molecule has 7 heteroatoms. The standard InChI is InChI=1S/C23H45N5O2/c1-22(2,3)30-21(29)28(15-18-9-10-18)19-11-13-27(14-12-19)20(24-6)25-16-23(4,5)17-26(7)8/h18-19H,9-17H2,1-8H3,(H,24,25). The number of hydrogen-bond donors (Lipinski definition) is 1. The first kappa shape index (κ1) is 24.8. The van der Waals surface area contributed by atoms with E-state index < -0.39 is 5.60 Å². The average Bonchev–Trinajstić information content (AvgIpc) is 3.42. The van der Waals surface area contributed by atoms with Gasteiger partial charge in [-0.3, -0.25) is 4.99 Å². The van der Waals surface area contributed by atoms with E-state index in [1.807, 2.05) is 32.7 Å². The summed E-state index contributed by atoms with van der Waals surface area (Å²) in [5.74, 6) is 1.62. The number of aliphatic imine (C=N–C) groups is 1. The summed E-state index contributed by atoms with van der Waals surface area (Å²) in [5, 5.41) is 3.57. The molecular weight excluding hydrogens is 378 g/mol. The minimum absolute atomic E-state index is 0.152. The number of carbonyl (C=O) groups excluding carboxylic acids is 1. The second-order valence-electron chi connectivity index (χ2n) is 11.1. The Hall–Kier alpha value is -1.50. The normalized spacial score (nSPS) is 19.2. The molecule has 2 rings (SSSR count). The number of piperidine rings is 1. The fourth-order valence-corrected chi connectivity index (χ4v) is 4.22. The van der Waals surface area contributed by atoms with Crippen LogP contribution in [-0.4, -0.2) is 92.3 Å². The lowest BCUT2D eigenvalue weighted by molar-refractivity contribution is 0.00926. The van der Waals surface area contributed by atoms with Crippen LogP contribution in [-0.2, 0) is 4.74 Å². The van der Waals surface area contributed by atoms with Crippen LogP contribution < -0.4 is 5.32 Å². The van der Waals surface area contributed by atoms with Crippen molar-refractivity contribution >= 4 is 12.1 Å². The van der Waals surface area contributed by atoms with E-state index in [4.69, 9.17) is 4.74 Å². The van der Waals surface area contributed by atoms with Crippen molar-refractivity contribution in [3.05, 3.63) is 0 Å². The van der Waals surface area contributed by atoms with E-state index in [1.54, 1.807) is 0 Å². The van der Waals surface area contributed by atoms with Crippen LogP contribution in [0.3, 0.4) is 0 Å². The van der Waals surface area contributed by atoms with Gasteiger partial charge in [-0.2, -0.15) is 0 Å². The van der Waals surface area contributed by atoms with Crippen molar-refractivity contribution in [3.63, 3.8) is 0 Å². The average molecular weight is 424 g/mol. The summed E-state index contributed by atoms with van der Waals surface area (Å²) < 4.78 is 5.72. The summed E-state index contributed by atoms with van der Waals surface area (Å²) in [6, 6.07) is 0.250. The lowest BCUT2D eigenvalue weighted by Gasteiger charge is -2.40. The number of nitrogens with zero attached hydrogens (tertiary/aromatic N) is 4. The maximum atomic E-state index is 12.8. The first-order valence-electron chi connectivity index (χ1n) is 11.5. The van der Waals surface area contributed by atoms with Crippen LogP contribution in [0.25, 0.3) is 0 Å². The fourth-order valence-electron chi connectivity index (χ4n) is 4.22. The van der Waals surface area contributed by atoms with Crippen molar-refractivity contribution in [2.24, 2.45) is 16.3 Å². The third-order valence-electron chi connectivity index (χ3n) is 5.67. The molecule has 2 fully saturated rings. The van der Waals surface area contributed by atoms with Crippen LogP contribution >= 0.6 is 0 Å². The molecule has 1 saturated carbocycles.